The number of benzene rings is 1. The van der Waals surface area contributed by atoms with Crippen molar-refractivity contribution in [2.24, 2.45) is 0 Å². The SMILES string of the molecule is C[C@H](O)c1ccc2c(c1)CCC(C)(C)O2. The van der Waals surface area contributed by atoms with Crippen molar-refractivity contribution >= 4 is 0 Å². The van der Waals surface area contributed by atoms with Gasteiger partial charge in [0.2, 0.25) is 0 Å². The molecule has 0 bridgehead atoms. The maximum absolute atomic E-state index is 9.49. The average Bonchev–Trinajstić information content (AvgIpc) is 2.15. The molecule has 1 atom stereocenters. The van der Waals surface area contributed by atoms with Gasteiger partial charge in [-0.25, -0.2) is 0 Å². The lowest BCUT2D eigenvalue weighted by atomic mass is 9.93. The van der Waals surface area contributed by atoms with Crippen molar-refractivity contribution in [3.8, 4) is 5.75 Å². The van der Waals surface area contributed by atoms with Crippen LogP contribution in [0.15, 0.2) is 18.2 Å². The number of aliphatic hydroxyl groups is 1. The molecule has 0 saturated heterocycles. The zero-order valence-corrected chi connectivity index (χ0v) is 9.58. The molecule has 0 unspecified atom stereocenters. The van der Waals surface area contributed by atoms with E-state index in [4.69, 9.17) is 4.74 Å². The van der Waals surface area contributed by atoms with Crippen LogP contribution in [0.4, 0.5) is 0 Å². The number of hydrogen-bond acceptors (Lipinski definition) is 2. The minimum atomic E-state index is -0.398. The Hall–Kier alpha value is -1.02. The summed E-state index contributed by atoms with van der Waals surface area (Å²) in [5.41, 5.74) is 2.13. The van der Waals surface area contributed by atoms with E-state index < -0.39 is 6.10 Å². The van der Waals surface area contributed by atoms with Gasteiger partial charge >= 0.3 is 0 Å². The minimum Gasteiger partial charge on any atom is -0.488 e. The highest BCUT2D eigenvalue weighted by Gasteiger charge is 2.26. The van der Waals surface area contributed by atoms with Gasteiger partial charge in [-0.2, -0.15) is 0 Å². The van der Waals surface area contributed by atoms with Crippen LogP contribution in [0.3, 0.4) is 0 Å². The van der Waals surface area contributed by atoms with Crippen LogP contribution in [0, 0.1) is 0 Å². The number of aliphatic hydroxyl groups excluding tert-OH is 1. The zero-order chi connectivity index (χ0) is 11.1. The lowest BCUT2D eigenvalue weighted by Gasteiger charge is -2.32. The maximum atomic E-state index is 9.49. The highest BCUT2D eigenvalue weighted by molar-refractivity contribution is 5.40. The molecule has 2 nitrogen and oxygen atoms in total. The van der Waals surface area contributed by atoms with Crippen LogP contribution in [0.25, 0.3) is 0 Å². The fourth-order valence-electron chi connectivity index (χ4n) is 1.94. The first-order valence-corrected chi connectivity index (χ1v) is 5.48. The molecule has 15 heavy (non-hydrogen) atoms. The second-order valence-corrected chi connectivity index (χ2v) is 4.90. The largest absolute Gasteiger partial charge is 0.488 e. The Morgan fingerprint density at radius 2 is 2.13 bits per heavy atom. The molecule has 2 heteroatoms. The van der Waals surface area contributed by atoms with Gasteiger partial charge in [-0.05, 0) is 56.9 Å². The van der Waals surface area contributed by atoms with Gasteiger partial charge in [-0.15, -0.1) is 0 Å². The third-order valence-electron chi connectivity index (χ3n) is 2.95. The molecule has 1 N–H and O–H groups in total. The molecule has 1 heterocycles. The molecule has 82 valence electrons. The number of ether oxygens (including phenoxy) is 1. The Balaban J connectivity index is 2.32. The molecule has 0 aromatic heterocycles. The zero-order valence-electron chi connectivity index (χ0n) is 9.58. The van der Waals surface area contributed by atoms with Gasteiger partial charge in [0.1, 0.15) is 11.4 Å². The summed E-state index contributed by atoms with van der Waals surface area (Å²) in [6.07, 6.45) is 1.66. The Morgan fingerprint density at radius 3 is 2.80 bits per heavy atom. The van der Waals surface area contributed by atoms with Gasteiger partial charge in [-0.3, -0.25) is 0 Å². The predicted octanol–water partition coefficient (Wildman–Crippen LogP) is 2.84. The topological polar surface area (TPSA) is 29.5 Å². The van der Waals surface area contributed by atoms with Gasteiger partial charge in [0.05, 0.1) is 6.10 Å². The summed E-state index contributed by atoms with van der Waals surface area (Å²) in [6, 6.07) is 5.96. The third-order valence-corrected chi connectivity index (χ3v) is 2.95. The van der Waals surface area contributed by atoms with Crippen LogP contribution in [0.5, 0.6) is 5.75 Å². The summed E-state index contributed by atoms with van der Waals surface area (Å²) < 4.78 is 5.87. The Bertz CT molecular complexity index is 367. The van der Waals surface area contributed by atoms with Crippen molar-refractivity contribution in [3.05, 3.63) is 29.3 Å². The molecule has 0 amide bonds. The molecular weight excluding hydrogens is 188 g/mol. The number of hydrogen-bond donors (Lipinski definition) is 1. The molecule has 0 saturated carbocycles. The van der Waals surface area contributed by atoms with E-state index in [1.807, 2.05) is 12.1 Å². The van der Waals surface area contributed by atoms with E-state index in [1.54, 1.807) is 6.92 Å². The minimum absolute atomic E-state index is 0.0562. The second-order valence-electron chi connectivity index (χ2n) is 4.90. The van der Waals surface area contributed by atoms with Crippen molar-refractivity contribution in [2.45, 2.75) is 45.3 Å². The van der Waals surface area contributed by atoms with E-state index in [9.17, 15) is 5.11 Å². The first-order chi connectivity index (χ1) is 6.98. The smallest absolute Gasteiger partial charge is 0.123 e. The summed E-state index contributed by atoms with van der Waals surface area (Å²) >= 11 is 0. The standard InChI is InChI=1S/C13H18O2/c1-9(14)10-4-5-12-11(8-10)6-7-13(2,3)15-12/h4-5,8-9,14H,6-7H2,1-3H3/t9-/m0/s1. The first-order valence-electron chi connectivity index (χ1n) is 5.48. The van der Waals surface area contributed by atoms with Gasteiger partial charge in [0.25, 0.3) is 0 Å². The van der Waals surface area contributed by atoms with Crippen LogP contribution < -0.4 is 4.74 Å². The van der Waals surface area contributed by atoms with Crippen molar-refractivity contribution in [1.82, 2.24) is 0 Å². The van der Waals surface area contributed by atoms with E-state index in [2.05, 4.69) is 19.9 Å². The van der Waals surface area contributed by atoms with Gasteiger partial charge in [-0.1, -0.05) is 6.07 Å². The summed E-state index contributed by atoms with van der Waals surface area (Å²) in [6.45, 7) is 6.01. The highest BCUT2D eigenvalue weighted by atomic mass is 16.5. The molecule has 1 aromatic rings. The summed E-state index contributed by atoms with van der Waals surface area (Å²) in [7, 11) is 0. The van der Waals surface area contributed by atoms with Crippen LogP contribution in [0.2, 0.25) is 0 Å². The number of rotatable bonds is 1. The molecule has 2 rings (SSSR count). The summed E-state index contributed by atoms with van der Waals surface area (Å²) in [5, 5.41) is 9.49. The second kappa shape index (κ2) is 3.53. The number of fused-ring (bicyclic) bond motifs is 1. The van der Waals surface area contributed by atoms with Crippen molar-refractivity contribution in [2.75, 3.05) is 0 Å². The van der Waals surface area contributed by atoms with Gasteiger partial charge in [0.15, 0.2) is 0 Å². The normalized spacial score (nSPS) is 20.3. The lowest BCUT2D eigenvalue weighted by Crippen LogP contribution is -2.32. The molecule has 0 aliphatic carbocycles. The van der Waals surface area contributed by atoms with Crippen LogP contribution in [-0.4, -0.2) is 10.7 Å². The number of aryl methyl sites for hydroxylation is 1. The van der Waals surface area contributed by atoms with Crippen LogP contribution >= 0.6 is 0 Å². The van der Waals surface area contributed by atoms with Crippen LogP contribution in [-0.2, 0) is 6.42 Å². The van der Waals surface area contributed by atoms with Gasteiger partial charge < -0.3 is 9.84 Å². The molecule has 1 aromatic carbocycles. The molecule has 0 fully saturated rings. The fraction of sp³-hybridized carbons (Fsp3) is 0.538. The van der Waals surface area contributed by atoms with Crippen molar-refractivity contribution in [3.63, 3.8) is 0 Å². The lowest BCUT2D eigenvalue weighted by molar-refractivity contribution is 0.0844. The quantitative estimate of drug-likeness (QED) is 0.765. The van der Waals surface area contributed by atoms with E-state index in [0.717, 1.165) is 24.2 Å². The first kappa shape index (κ1) is 10.5. The van der Waals surface area contributed by atoms with E-state index in [1.165, 1.54) is 5.56 Å². The average molecular weight is 206 g/mol. The summed E-state index contributed by atoms with van der Waals surface area (Å²) in [4.78, 5) is 0. The fourth-order valence-corrected chi connectivity index (χ4v) is 1.94. The predicted molar refractivity (Wildman–Crippen MR) is 60.1 cm³/mol. The molecule has 1 aliphatic heterocycles. The third kappa shape index (κ3) is 2.15. The van der Waals surface area contributed by atoms with E-state index in [-0.39, 0.29) is 5.60 Å². The van der Waals surface area contributed by atoms with Crippen molar-refractivity contribution < 1.29 is 9.84 Å². The maximum Gasteiger partial charge on any atom is 0.123 e. The molecule has 0 radical (unpaired) electrons. The Kier molecular flexibility index (Phi) is 2.47. The highest BCUT2D eigenvalue weighted by Crippen LogP contribution is 2.34. The molecular formula is C13H18O2. The van der Waals surface area contributed by atoms with Crippen LogP contribution in [0.1, 0.15) is 44.4 Å². The Labute approximate surface area is 90.9 Å². The van der Waals surface area contributed by atoms with E-state index >= 15 is 0 Å². The van der Waals surface area contributed by atoms with E-state index in [0.29, 0.717) is 0 Å². The van der Waals surface area contributed by atoms with Gasteiger partial charge in [0, 0.05) is 0 Å². The summed E-state index contributed by atoms with van der Waals surface area (Å²) in [5.74, 6) is 0.968. The molecule has 1 aliphatic rings. The van der Waals surface area contributed by atoms with Crippen molar-refractivity contribution in [1.29, 1.82) is 0 Å². The molecule has 0 spiro atoms. The monoisotopic (exact) mass is 206 g/mol. The Morgan fingerprint density at radius 1 is 1.40 bits per heavy atom.